The van der Waals surface area contributed by atoms with Gasteiger partial charge in [-0.05, 0) is 58.7 Å². The zero-order chi connectivity index (χ0) is 14.4. The smallest absolute Gasteiger partial charge is 0.134 e. The molecule has 0 radical (unpaired) electrons. The average Bonchev–Trinajstić information content (AvgIpc) is 2.92. The molecule has 0 saturated carbocycles. The monoisotopic (exact) mass is 353 g/mol. The summed E-state index contributed by atoms with van der Waals surface area (Å²) in [5, 5.41) is 3.32. The van der Waals surface area contributed by atoms with E-state index in [1.807, 2.05) is 17.4 Å². The highest BCUT2D eigenvalue weighted by Gasteiger charge is 2.05. The number of thiophene rings is 1. The molecule has 1 heterocycles. The molecule has 1 aromatic heterocycles. The fraction of sp³-hybridized carbons (Fsp3) is 0.375. The van der Waals surface area contributed by atoms with E-state index < -0.39 is 0 Å². The topological polar surface area (TPSA) is 21.3 Å². The highest BCUT2D eigenvalue weighted by molar-refractivity contribution is 9.10. The van der Waals surface area contributed by atoms with Crippen molar-refractivity contribution in [2.45, 2.75) is 33.4 Å². The second kappa shape index (κ2) is 7.81. The first kappa shape index (κ1) is 15.5. The summed E-state index contributed by atoms with van der Waals surface area (Å²) in [5.74, 6) is 0.900. The molecule has 2 nitrogen and oxygen atoms in total. The third kappa shape index (κ3) is 4.33. The number of halogens is 1. The SMILES string of the molecule is CCNCc1ccc(OCc2ccc(CC)s2)c(Br)c1. The first-order valence-electron chi connectivity index (χ1n) is 6.92. The summed E-state index contributed by atoms with van der Waals surface area (Å²) in [7, 11) is 0. The van der Waals surface area contributed by atoms with Crippen LogP contribution in [0, 0.1) is 0 Å². The van der Waals surface area contributed by atoms with Gasteiger partial charge in [-0.25, -0.2) is 0 Å². The van der Waals surface area contributed by atoms with Gasteiger partial charge < -0.3 is 10.1 Å². The van der Waals surface area contributed by atoms with Crippen molar-refractivity contribution >= 4 is 27.3 Å². The van der Waals surface area contributed by atoms with Gasteiger partial charge in [0.2, 0.25) is 0 Å². The minimum atomic E-state index is 0.635. The summed E-state index contributed by atoms with van der Waals surface area (Å²) in [4.78, 5) is 2.68. The van der Waals surface area contributed by atoms with Crippen molar-refractivity contribution in [2.75, 3.05) is 6.54 Å². The highest BCUT2D eigenvalue weighted by atomic mass is 79.9. The van der Waals surface area contributed by atoms with Gasteiger partial charge >= 0.3 is 0 Å². The van der Waals surface area contributed by atoms with Crippen LogP contribution in [0.5, 0.6) is 5.75 Å². The molecule has 2 aromatic rings. The van der Waals surface area contributed by atoms with Crippen LogP contribution in [-0.4, -0.2) is 6.54 Å². The average molecular weight is 354 g/mol. The standard InChI is InChI=1S/C16H20BrNOS/c1-3-13-6-7-14(20-13)11-19-16-8-5-12(9-15(16)17)10-18-4-2/h5-9,18H,3-4,10-11H2,1-2H3. The van der Waals surface area contributed by atoms with Crippen molar-refractivity contribution in [3.63, 3.8) is 0 Å². The Morgan fingerprint density at radius 1 is 1.15 bits per heavy atom. The molecule has 20 heavy (non-hydrogen) atoms. The van der Waals surface area contributed by atoms with Crippen molar-refractivity contribution in [3.8, 4) is 5.75 Å². The van der Waals surface area contributed by atoms with Crippen molar-refractivity contribution in [1.82, 2.24) is 5.32 Å². The van der Waals surface area contributed by atoms with E-state index in [1.165, 1.54) is 15.3 Å². The van der Waals surface area contributed by atoms with E-state index >= 15 is 0 Å². The maximum Gasteiger partial charge on any atom is 0.134 e. The lowest BCUT2D eigenvalue weighted by atomic mass is 10.2. The molecule has 108 valence electrons. The number of benzene rings is 1. The van der Waals surface area contributed by atoms with E-state index in [-0.39, 0.29) is 0 Å². The number of hydrogen-bond acceptors (Lipinski definition) is 3. The van der Waals surface area contributed by atoms with E-state index in [0.29, 0.717) is 6.61 Å². The van der Waals surface area contributed by atoms with Gasteiger partial charge in [-0.15, -0.1) is 11.3 Å². The maximum absolute atomic E-state index is 5.88. The first-order chi connectivity index (χ1) is 9.72. The van der Waals surface area contributed by atoms with Crippen LogP contribution in [0.2, 0.25) is 0 Å². The van der Waals surface area contributed by atoms with Gasteiger partial charge in [0, 0.05) is 16.3 Å². The molecule has 0 atom stereocenters. The Morgan fingerprint density at radius 2 is 1.95 bits per heavy atom. The van der Waals surface area contributed by atoms with Crippen LogP contribution >= 0.6 is 27.3 Å². The number of hydrogen-bond donors (Lipinski definition) is 1. The first-order valence-corrected chi connectivity index (χ1v) is 8.53. The molecule has 0 aliphatic carbocycles. The van der Waals surface area contributed by atoms with Crippen molar-refractivity contribution < 1.29 is 4.74 Å². The van der Waals surface area contributed by atoms with Gasteiger partial charge in [-0.2, -0.15) is 0 Å². The van der Waals surface area contributed by atoms with Crippen molar-refractivity contribution in [2.24, 2.45) is 0 Å². The Balaban J connectivity index is 1.95. The lowest BCUT2D eigenvalue weighted by Crippen LogP contribution is -2.11. The van der Waals surface area contributed by atoms with E-state index in [1.54, 1.807) is 0 Å². The summed E-state index contributed by atoms with van der Waals surface area (Å²) < 4.78 is 6.90. The van der Waals surface area contributed by atoms with Gasteiger partial charge in [-0.3, -0.25) is 0 Å². The van der Waals surface area contributed by atoms with Crippen LogP contribution in [0.25, 0.3) is 0 Å². The lowest BCUT2D eigenvalue weighted by molar-refractivity contribution is 0.307. The Hall–Kier alpha value is -0.840. The Bertz CT molecular complexity index is 553. The molecule has 4 heteroatoms. The second-order valence-electron chi connectivity index (χ2n) is 4.56. The Morgan fingerprint density at radius 3 is 2.60 bits per heavy atom. The molecule has 2 rings (SSSR count). The van der Waals surface area contributed by atoms with E-state index in [0.717, 1.165) is 29.7 Å². The predicted molar refractivity (Wildman–Crippen MR) is 89.6 cm³/mol. The minimum absolute atomic E-state index is 0.635. The molecule has 1 N–H and O–H groups in total. The lowest BCUT2D eigenvalue weighted by Gasteiger charge is -2.09. The molecular formula is C16H20BrNOS. The largest absolute Gasteiger partial charge is 0.487 e. The van der Waals surface area contributed by atoms with Crippen LogP contribution < -0.4 is 10.1 Å². The van der Waals surface area contributed by atoms with Crippen molar-refractivity contribution in [1.29, 1.82) is 0 Å². The highest BCUT2D eigenvalue weighted by Crippen LogP contribution is 2.28. The second-order valence-corrected chi connectivity index (χ2v) is 6.66. The fourth-order valence-corrected chi connectivity index (χ4v) is 3.29. The summed E-state index contributed by atoms with van der Waals surface area (Å²) in [6.07, 6.45) is 1.09. The van der Waals surface area contributed by atoms with Gasteiger partial charge in [0.25, 0.3) is 0 Å². The molecular weight excluding hydrogens is 334 g/mol. The molecule has 0 aliphatic rings. The van der Waals surface area contributed by atoms with Crippen LogP contribution in [0.3, 0.4) is 0 Å². The number of rotatable bonds is 7. The molecule has 0 spiro atoms. The van der Waals surface area contributed by atoms with Crippen LogP contribution in [-0.2, 0) is 19.6 Å². The predicted octanol–water partition coefficient (Wildman–Crippen LogP) is 4.76. The minimum Gasteiger partial charge on any atom is -0.487 e. The summed E-state index contributed by atoms with van der Waals surface area (Å²) in [6.45, 7) is 6.79. The third-order valence-electron chi connectivity index (χ3n) is 3.01. The number of ether oxygens (including phenoxy) is 1. The number of aryl methyl sites for hydroxylation is 1. The number of nitrogens with one attached hydrogen (secondary N) is 1. The van der Waals surface area contributed by atoms with Crippen LogP contribution in [0.1, 0.15) is 29.2 Å². The summed E-state index contributed by atoms with van der Waals surface area (Å²) in [6, 6.07) is 10.6. The van der Waals surface area contributed by atoms with Gasteiger partial charge in [0.15, 0.2) is 0 Å². The summed E-state index contributed by atoms with van der Waals surface area (Å²) >= 11 is 5.40. The Labute approximate surface area is 133 Å². The molecule has 0 aliphatic heterocycles. The Kier molecular flexibility index (Phi) is 6.07. The van der Waals surface area contributed by atoms with E-state index in [4.69, 9.17) is 4.74 Å². The molecule has 0 amide bonds. The fourth-order valence-electron chi connectivity index (χ4n) is 1.88. The maximum atomic E-state index is 5.88. The zero-order valence-electron chi connectivity index (χ0n) is 11.9. The molecule has 0 fully saturated rings. The van der Waals surface area contributed by atoms with Crippen molar-refractivity contribution in [3.05, 3.63) is 50.1 Å². The van der Waals surface area contributed by atoms with Crippen LogP contribution in [0.4, 0.5) is 0 Å². The third-order valence-corrected chi connectivity index (χ3v) is 4.83. The molecule has 0 saturated heterocycles. The van der Waals surface area contributed by atoms with Crippen LogP contribution in [0.15, 0.2) is 34.8 Å². The van der Waals surface area contributed by atoms with Gasteiger partial charge in [0.05, 0.1) is 4.47 Å². The molecule has 0 unspecified atom stereocenters. The van der Waals surface area contributed by atoms with E-state index in [9.17, 15) is 0 Å². The molecule has 1 aromatic carbocycles. The zero-order valence-corrected chi connectivity index (χ0v) is 14.3. The quantitative estimate of drug-likeness (QED) is 0.774. The summed E-state index contributed by atoms with van der Waals surface area (Å²) in [5.41, 5.74) is 1.26. The van der Waals surface area contributed by atoms with Gasteiger partial charge in [-0.1, -0.05) is 19.9 Å². The normalized spacial score (nSPS) is 10.8. The van der Waals surface area contributed by atoms with E-state index in [2.05, 4.69) is 59.4 Å². The molecule has 0 bridgehead atoms. The van der Waals surface area contributed by atoms with Gasteiger partial charge in [0.1, 0.15) is 12.4 Å².